The van der Waals surface area contributed by atoms with Crippen LogP contribution in [0, 0.1) is 0 Å². The van der Waals surface area contributed by atoms with Crippen molar-refractivity contribution in [1.82, 2.24) is 9.55 Å². The van der Waals surface area contributed by atoms with Crippen LogP contribution in [-0.4, -0.2) is 20.6 Å². The Hall–Kier alpha value is -1.62. The van der Waals surface area contributed by atoms with E-state index in [1.165, 1.54) is 0 Å². The molecule has 15 heavy (non-hydrogen) atoms. The predicted octanol–water partition coefficient (Wildman–Crippen LogP) is 1.78. The molecule has 0 saturated carbocycles. The third-order valence-electron chi connectivity index (χ3n) is 2.00. The van der Waals surface area contributed by atoms with Crippen molar-refractivity contribution in [2.24, 2.45) is 7.05 Å². The molecule has 0 saturated heterocycles. The van der Waals surface area contributed by atoms with Crippen LogP contribution in [0.15, 0.2) is 23.7 Å². The van der Waals surface area contributed by atoms with E-state index >= 15 is 0 Å². The Morgan fingerprint density at radius 2 is 2.47 bits per heavy atom. The lowest BCUT2D eigenvalue weighted by molar-refractivity contribution is -0.136. The van der Waals surface area contributed by atoms with Gasteiger partial charge < -0.3 is 9.67 Å². The Morgan fingerprint density at radius 1 is 1.67 bits per heavy atom. The van der Waals surface area contributed by atoms with Gasteiger partial charge in [-0.05, 0) is 11.4 Å². The van der Waals surface area contributed by atoms with E-state index < -0.39 is 5.97 Å². The van der Waals surface area contributed by atoms with Crippen LogP contribution >= 0.6 is 11.3 Å². The van der Waals surface area contributed by atoms with Gasteiger partial charge >= 0.3 is 5.97 Å². The number of aliphatic carboxylic acids is 1. The topological polar surface area (TPSA) is 55.1 Å². The van der Waals surface area contributed by atoms with Crippen LogP contribution in [0.3, 0.4) is 0 Å². The van der Waals surface area contributed by atoms with E-state index in [2.05, 4.69) is 4.98 Å². The van der Waals surface area contributed by atoms with Gasteiger partial charge in [-0.1, -0.05) is 6.07 Å². The van der Waals surface area contributed by atoms with Crippen molar-refractivity contribution in [3.63, 3.8) is 0 Å². The largest absolute Gasteiger partial charge is 0.481 e. The Bertz CT molecular complexity index is 474. The smallest absolute Gasteiger partial charge is 0.309 e. The number of thiophene rings is 1. The number of aromatic nitrogens is 2. The van der Waals surface area contributed by atoms with E-state index in [1.807, 2.05) is 29.1 Å². The minimum absolute atomic E-state index is 0.0286. The Morgan fingerprint density at radius 3 is 3.07 bits per heavy atom. The number of imidazole rings is 1. The second kappa shape index (κ2) is 3.86. The molecule has 0 amide bonds. The van der Waals surface area contributed by atoms with Crippen LogP contribution < -0.4 is 0 Å². The van der Waals surface area contributed by atoms with Gasteiger partial charge in [0, 0.05) is 13.2 Å². The first-order chi connectivity index (χ1) is 7.16. The van der Waals surface area contributed by atoms with Crippen LogP contribution in [-0.2, 0) is 18.3 Å². The summed E-state index contributed by atoms with van der Waals surface area (Å²) in [5, 5.41) is 10.6. The normalized spacial score (nSPS) is 10.5. The van der Waals surface area contributed by atoms with E-state index in [0.717, 1.165) is 10.7 Å². The maximum atomic E-state index is 10.5. The zero-order valence-electron chi connectivity index (χ0n) is 8.17. The fourth-order valence-corrected chi connectivity index (χ4v) is 2.16. The second-order valence-corrected chi connectivity index (χ2v) is 4.16. The van der Waals surface area contributed by atoms with E-state index in [-0.39, 0.29) is 6.42 Å². The average Bonchev–Trinajstić information content (AvgIpc) is 2.72. The monoisotopic (exact) mass is 222 g/mol. The SMILES string of the molecule is Cn1cc(CC(=O)O)nc1-c1cccs1. The van der Waals surface area contributed by atoms with Crippen LogP contribution in [0.5, 0.6) is 0 Å². The summed E-state index contributed by atoms with van der Waals surface area (Å²) in [6, 6.07) is 3.92. The molecule has 0 aliphatic carbocycles. The first kappa shape index (κ1) is 9.92. The van der Waals surface area contributed by atoms with Crippen molar-refractivity contribution in [1.29, 1.82) is 0 Å². The molecule has 5 heteroatoms. The van der Waals surface area contributed by atoms with Gasteiger partial charge in [0.2, 0.25) is 0 Å². The summed E-state index contributed by atoms with van der Waals surface area (Å²) >= 11 is 1.59. The van der Waals surface area contributed by atoms with Gasteiger partial charge in [0.05, 0.1) is 17.0 Å². The van der Waals surface area contributed by atoms with E-state index in [9.17, 15) is 4.79 Å². The third-order valence-corrected chi connectivity index (χ3v) is 2.87. The summed E-state index contributed by atoms with van der Waals surface area (Å²) in [4.78, 5) is 15.9. The number of rotatable bonds is 3. The molecule has 2 aromatic rings. The number of hydrogen-bond acceptors (Lipinski definition) is 3. The van der Waals surface area contributed by atoms with Crippen molar-refractivity contribution < 1.29 is 9.90 Å². The maximum absolute atomic E-state index is 10.5. The summed E-state index contributed by atoms with van der Waals surface area (Å²) in [6.07, 6.45) is 1.72. The average molecular weight is 222 g/mol. The zero-order valence-corrected chi connectivity index (χ0v) is 8.99. The second-order valence-electron chi connectivity index (χ2n) is 3.21. The quantitative estimate of drug-likeness (QED) is 0.861. The van der Waals surface area contributed by atoms with Crippen molar-refractivity contribution >= 4 is 17.3 Å². The van der Waals surface area contributed by atoms with Crippen LogP contribution in [0.1, 0.15) is 5.69 Å². The number of carbonyl (C=O) groups is 1. The summed E-state index contributed by atoms with van der Waals surface area (Å²) < 4.78 is 1.85. The zero-order chi connectivity index (χ0) is 10.8. The summed E-state index contributed by atoms with van der Waals surface area (Å²) in [7, 11) is 1.87. The van der Waals surface area contributed by atoms with Crippen molar-refractivity contribution in [3.8, 4) is 10.7 Å². The highest BCUT2D eigenvalue weighted by atomic mass is 32.1. The lowest BCUT2D eigenvalue weighted by Crippen LogP contribution is -1.99. The van der Waals surface area contributed by atoms with Gasteiger partial charge in [0.25, 0.3) is 0 Å². The standard InChI is InChI=1S/C10H10N2O2S/c1-12-6-7(5-9(13)14)11-10(12)8-3-2-4-15-8/h2-4,6H,5H2,1H3,(H,13,14). The fraction of sp³-hybridized carbons (Fsp3) is 0.200. The molecule has 78 valence electrons. The minimum atomic E-state index is -0.856. The van der Waals surface area contributed by atoms with Crippen LogP contribution in [0.2, 0.25) is 0 Å². The third kappa shape index (κ3) is 2.07. The van der Waals surface area contributed by atoms with Crippen LogP contribution in [0.4, 0.5) is 0 Å². The molecule has 4 nitrogen and oxygen atoms in total. The minimum Gasteiger partial charge on any atom is -0.481 e. The summed E-state index contributed by atoms with van der Waals surface area (Å²) in [5.41, 5.74) is 0.591. The van der Waals surface area contributed by atoms with Gasteiger partial charge in [-0.25, -0.2) is 4.98 Å². The van der Waals surface area contributed by atoms with Gasteiger partial charge in [0.15, 0.2) is 0 Å². The molecular formula is C10H10N2O2S. The maximum Gasteiger partial charge on any atom is 0.309 e. The van der Waals surface area contributed by atoms with Gasteiger partial charge in [-0.3, -0.25) is 4.79 Å². The Kier molecular flexibility index (Phi) is 2.55. The van der Waals surface area contributed by atoms with E-state index in [1.54, 1.807) is 17.5 Å². The molecule has 0 aliphatic heterocycles. The highest BCUT2D eigenvalue weighted by molar-refractivity contribution is 7.13. The van der Waals surface area contributed by atoms with Gasteiger partial charge in [0.1, 0.15) is 5.82 Å². The molecule has 0 unspecified atom stereocenters. The van der Waals surface area contributed by atoms with Crippen molar-refractivity contribution in [3.05, 3.63) is 29.4 Å². The molecule has 0 radical (unpaired) electrons. The lowest BCUT2D eigenvalue weighted by Gasteiger charge is -1.95. The molecule has 0 aromatic carbocycles. The molecule has 2 rings (SSSR count). The highest BCUT2D eigenvalue weighted by Crippen LogP contribution is 2.23. The number of nitrogens with zero attached hydrogens (tertiary/aromatic N) is 2. The Balaban J connectivity index is 2.34. The molecule has 2 heterocycles. The van der Waals surface area contributed by atoms with Gasteiger partial charge in [-0.2, -0.15) is 0 Å². The first-order valence-corrected chi connectivity index (χ1v) is 5.32. The predicted molar refractivity (Wildman–Crippen MR) is 57.9 cm³/mol. The van der Waals surface area contributed by atoms with Gasteiger partial charge in [-0.15, -0.1) is 11.3 Å². The molecule has 2 aromatic heterocycles. The molecular weight excluding hydrogens is 212 g/mol. The summed E-state index contributed by atoms with van der Waals surface area (Å²) in [5.74, 6) is -0.0351. The molecule has 0 fully saturated rings. The number of aryl methyl sites for hydroxylation is 1. The molecule has 0 bridgehead atoms. The van der Waals surface area contributed by atoms with Crippen molar-refractivity contribution in [2.75, 3.05) is 0 Å². The van der Waals surface area contributed by atoms with E-state index in [4.69, 9.17) is 5.11 Å². The summed E-state index contributed by atoms with van der Waals surface area (Å²) in [6.45, 7) is 0. The number of carboxylic acid groups (broad SMARTS) is 1. The molecule has 0 atom stereocenters. The van der Waals surface area contributed by atoms with Crippen LogP contribution in [0.25, 0.3) is 10.7 Å². The van der Waals surface area contributed by atoms with E-state index in [0.29, 0.717) is 5.69 Å². The fourth-order valence-electron chi connectivity index (χ4n) is 1.40. The number of hydrogen-bond donors (Lipinski definition) is 1. The van der Waals surface area contributed by atoms with Crippen molar-refractivity contribution in [2.45, 2.75) is 6.42 Å². The molecule has 0 spiro atoms. The Labute approximate surface area is 90.8 Å². The molecule has 0 aliphatic rings. The number of carboxylic acids is 1. The molecule has 1 N–H and O–H groups in total. The highest BCUT2D eigenvalue weighted by Gasteiger charge is 2.10. The lowest BCUT2D eigenvalue weighted by atomic mass is 10.3. The first-order valence-electron chi connectivity index (χ1n) is 4.44.